The Balaban J connectivity index is 2.74. The van der Waals surface area contributed by atoms with Crippen LogP contribution in [0.2, 0.25) is 0 Å². The second kappa shape index (κ2) is 7.47. The highest BCUT2D eigenvalue weighted by Crippen LogP contribution is 2.21. The second-order valence-corrected chi connectivity index (χ2v) is 5.07. The molecule has 0 spiro atoms. The topological polar surface area (TPSA) is 35.8 Å². The van der Waals surface area contributed by atoms with Gasteiger partial charge in [-0.25, -0.2) is 0 Å². The van der Waals surface area contributed by atoms with Crippen molar-refractivity contribution in [3.63, 3.8) is 0 Å². The van der Waals surface area contributed by atoms with Gasteiger partial charge in [0.15, 0.2) is 0 Å². The van der Waals surface area contributed by atoms with E-state index in [0.717, 1.165) is 17.3 Å². The highest BCUT2D eigenvalue weighted by molar-refractivity contribution is 9.10. The summed E-state index contributed by atoms with van der Waals surface area (Å²) in [4.78, 5) is 0. The molecule has 17 heavy (non-hydrogen) atoms. The maximum Gasteiger partial charge on any atom is 0.0638 e. The molecule has 0 radical (unpaired) electrons. The first-order chi connectivity index (χ1) is 8.21. The quantitative estimate of drug-likeness (QED) is 0.854. The van der Waals surface area contributed by atoms with Crippen molar-refractivity contribution in [1.82, 2.24) is 5.32 Å². The lowest BCUT2D eigenvalue weighted by molar-refractivity contribution is 0.419. The Morgan fingerprint density at radius 3 is 2.65 bits per heavy atom. The van der Waals surface area contributed by atoms with Gasteiger partial charge >= 0.3 is 0 Å². The van der Waals surface area contributed by atoms with Crippen molar-refractivity contribution >= 4 is 15.9 Å². The number of rotatable bonds is 6. The monoisotopic (exact) mass is 294 g/mol. The molecule has 3 heteroatoms. The minimum Gasteiger partial charge on any atom is -0.306 e. The Bertz CT molecular complexity index is 384. The molecule has 1 aromatic rings. The van der Waals surface area contributed by atoms with Crippen molar-refractivity contribution in [3.05, 3.63) is 34.3 Å². The molecule has 0 aliphatic heterocycles. The Labute approximate surface area is 112 Å². The molecule has 2 nitrogen and oxygen atoms in total. The zero-order valence-corrected chi connectivity index (χ0v) is 12.0. The minimum absolute atomic E-state index is 0.281. The van der Waals surface area contributed by atoms with Gasteiger partial charge in [-0.05, 0) is 30.5 Å². The number of hydrogen-bond acceptors (Lipinski definition) is 2. The molecule has 0 saturated carbocycles. The fourth-order valence-corrected chi connectivity index (χ4v) is 2.31. The first-order valence-corrected chi connectivity index (χ1v) is 6.89. The fourth-order valence-electron chi connectivity index (χ4n) is 1.89. The van der Waals surface area contributed by atoms with E-state index in [-0.39, 0.29) is 6.04 Å². The minimum atomic E-state index is 0.281. The molecule has 92 valence electrons. The summed E-state index contributed by atoms with van der Waals surface area (Å²) in [5, 5.41) is 12.3. The van der Waals surface area contributed by atoms with Crippen LogP contribution >= 0.6 is 15.9 Å². The SMILES string of the molecule is CCC(CC#N)NC(CC)c1cccc(Br)c1. The third-order valence-corrected chi connectivity index (χ3v) is 3.42. The van der Waals surface area contributed by atoms with Gasteiger partial charge in [-0.15, -0.1) is 0 Å². The van der Waals surface area contributed by atoms with Crippen LogP contribution in [-0.2, 0) is 0 Å². The lowest BCUT2D eigenvalue weighted by atomic mass is 10.0. The van der Waals surface area contributed by atoms with E-state index in [1.54, 1.807) is 0 Å². The van der Waals surface area contributed by atoms with Crippen molar-refractivity contribution in [2.75, 3.05) is 0 Å². The average molecular weight is 295 g/mol. The lowest BCUT2D eigenvalue weighted by Gasteiger charge is -2.23. The van der Waals surface area contributed by atoms with Crippen molar-refractivity contribution in [1.29, 1.82) is 5.26 Å². The van der Waals surface area contributed by atoms with Gasteiger partial charge in [-0.2, -0.15) is 5.26 Å². The number of halogens is 1. The van der Waals surface area contributed by atoms with Gasteiger partial charge in [-0.3, -0.25) is 0 Å². The van der Waals surface area contributed by atoms with E-state index in [9.17, 15) is 0 Å². The molecule has 0 aromatic heterocycles. The van der Waals surface area contributed by atoms with Crippen LogP contribution in [0.15, 0.2) is 28.7 Å². The summed E-state index contributed by atoms with van der Waals surface area (Å²) in [5.41, 5.74) is 1.28. The normalized spacial score (nSPS) is 14.0. The number of nitrogens with one attached hydrogen (secondary N) is 1. The summed E-state index contributed by atoms with van der Waals surface area (Å²) in [6.45, 7) is 4.28. The maximum atomic E-state index is 8.77. The molecule has 1 N–H and O–H groups in total. The fraction of sp³-hybridized carbons (Fsp3) is 0.500. The lowest BCUT2D eigenvalue weighted by Crippen LogP contribution is -2.31. The van der Waals surface area contributed by atoms with E-state index in [1.165, 1.54) is 5.56 Å². The maximum absolute atomic E-state index is 8.77. The summed E-state index contributed by atoms with van der Waals surface area (Å²) in [7, 11) is 0. The van der Waals surface area contributed by atoms with E-state index < -0.39 is 0 Å². The van der Waals surface area contributed by atoms with Gasteiger partial charge in [0.1, 0.15) is 0 Å². The molecule has 0 bridgehead atoms. The summed E-state index contributed by atoms with van der Waals surface area (Å²) >= 11 is 3.49. The highest BCUT2D eigenvalue weighted by atomic mass is 79.9. The summed E-state index contributed by atoms with van der Waals surface area (Å²) in [6, 6.07) is 11.2. The van der Waals surface area contributed by atoms with E-state index in [2.05, 4.69) is 59.4 Å². The molecule has 0 amide bonds. The Kier molecular flexibility index (Phi) is 6.25. The van der Waals surface area contributed by atoms with Crippen molar-refractivity contribution in [3.8, 4) is 6.07 Å². The summed E-state index contributed by atoms with van der Waals surface area (Å²) < 4.78 is 1.10. The largest absolute Gasteiger partial charge is 0.306 e. The smallest absolute Gasteiger partial charge is 0.0638 e. The van der Waals surface area contributed by atoms with Crippen molar-refractivity contribution in [2.24, 2.45) is 0 Å². The van der Waals surface area contributed by atoms with Crippen LogP contribution in [0, 0.1) is 11.3 Å². The van der Waals surface area contributed by atoms with Gasteiger partial charge in [0.25, 0.3) is 0 Å². The highest BCUT2D eigenvalue weighted by Gasteiger charge is 2.14. The standard InChI is InChI=1S/C14H19BrN2/c1-3-13(8-9-16)17-14(4-2)11-6-5-7-12(15)10-11/h5-7,10,13-14,17H,3-4,8H2,1-2H3. The van der Waals surface area contributed by atoms with Gasteiger partial charge in [0.05, 0.1) is 12.5 Å². The zero-order valence-electron chi connectivity index (χ0n) is 10.4. The molecule has 2 atom stereocenters. The Morgan fingerprint density at radius 2 is 2.12 bits per heavy atom. The first kappa shape index (κ1) is 14.2. The molecular formula is C14H19BrN2. The van der Waals surface area contributed by atoms with Gasteiger partial charge in [0, 0.05) is 16.6 Å². The zero-order chi connectivity index (χ0) is 12.7. The number of hydrogen-bond donors (Lipinski definition) is 1. The first-order valence-electron chi connectivity index (χ1n) is 6.09. The van der Waals surface area contributed by atoms with Gasteiger partial charge in [0.2, 0.25) is 0 Å². The molecule has 0 saturated heterocycles. The van der Waals surface area contributed by atoms with Crippen LogP contribution in [0.3, 0.4) is 0 Å². The molecule has 0 aliphatic rings. The third kappa shape index (κ3) is 4.49. The number of nitrogens with zero attached hydrogens (tertiary/aromatic N) is 1. The molecular weight excluding hydrogens is 276 g/mol. The predicted octanol–water partition coefficient (Wildman–Crippen LogP) is 4.18. The number of nitriles is 1. The van der Waals surface area contributed by atoms with Crippen LogP contribution in [0.25, 0.3) is 0 Å². The van der Waals surface area contributed by atoms with Crippen LogP contribution in [-0.4, -0.2) is 6.04 Å². The Hall–Kier alpha value is -0.850. The van der Waals surface area contributed by atoms with Crippen LogP contribution < -0.4 is 5.32 Å². The van der Waals surface area contributed by atoms with Crippen LogP contribution in [0.1, 0.15) is 44.7 Å². The van der Waals surface area contributed by atoms with E-state index >= 15 is 0 Å². The molecule has 0 fully saturated rings. The molecule has 0 heterocycles. The van der Waals surface area contributed by atoms with Crippen molar-refractivity contribution in [2.45, 2.75) is 45.2 Å². The predicted molar refractivity (Wildman–Crippen MR) is 74.6 cm³/mol. The number of benzene rings is 1. The van der Waals surface area contributed by atoms with Crippen LogP contribution in [0.5, 0.6) is 0 Å². The third-order valence-electron chi connectivity index (χ3n) is 2.93. The average Bonchev–Trinajstić information content (AvgIpc) is 2.34. The second-order valence-electron chi connectivity index (χ2n) is 4.15. The van der Waals surface area contributed by atoms with E-state index in [1.807, 2.05) is 6.07 Å². The van der Waals surface area contributed by atoms with E-state index in [0.29, 0.717) is 12.5 Å². The molecule has 1 aromatic carbocycles. The molecule has 2 unspecified atom stereocenters. The van der Waals surface area contributed by atoms with Gasteiger partial charge in [-0.1, -0.05) is 41.9 Å². The van der Waals surface area contributed by atoms with Crippen molar-refractivity contribution < 1.29 is 0 Å². The molecule has 1 rings (SSSR count). The molecule has 0 aliphatic carbocycles. The van der Waals surface area contributed by atoms with Crippen LogP contribution in [0.4, 0.5) is 0 Å². The van der Waals surface area contributed by atoms with Gasteiger partial charge < -0.3 is 5.32 Å². The summed E-state index contributed by atoms with van der Waals surface area (Å²) in [5.74, 6) is 0. The van der Waals surface area contributed by atoms with E-state index in [4.69, 9.17) is 5.26 Å². The summed E-state index contributed by atoms with van der Waals surface area (Å²) in [6.07, 6.45) is 2.58. The Morgan fingerprint density at radius 1 is 1.35 bits per heavy atom.